The molecule has 6 nitrogen and oxygen atoms in total. The van der Waals surface area contributed by atoms with E-state index in [4.69, 9.17) is 0 Å². The molecule has 8 heteroatoms. The molecule has 1 aromatic heterocycles. The number of hydrogen-bond donors (Lipinski definition) is 2. The Labute approximate surface area is 143 Å². The van der Waals surface area contributed by atoms with Gasteiger partial charge >= 0.3 is 0 Å². The number of nitrogens with one attached hydrogen (secondary N) is 2. The van der Waals surface area contributed by atoms with Gasteiger partial charge in [-0.2, -0.15) is 0 Å². The minimum Gasteiger partial charge on any atom is -0.325 e. The summed E-state index contributed by atoms with van der Waals surface area (Å²) in [6.07, 6.45) is 0. The highest BCUT2D eigenvalue weighted by atomic mass is 32.2. The van der Waals surface area contributed by atoms with E-state index in [-0.39, 0.29) is 17.6 Å². The summed E-state index contributed by atoms with van der Waals surface area (Å²) in [4.78, 5) is 23.7. The van der Waals surface area contributed by atoms with Crippen LogP contribution in [0.2, 0.25) is 0 Å². The lowest BCUT2D eigenvalue weighted by Crippen LogP contribution is -2.27. The van der Waals surface area contributed by atoms with E-state index in [1.54, 1.807) is 0 Å². The monoisotopic (exact) mass is 350 g/mol. The van der Waals surface area contributed by atoms with Crippen molar-refractivity contribution >= 4 is 45.7 Å². The maximum atomic E-state index is 11.9. The molecule has 0 saturated carbocycles. The van der Waals surface area contributed by atoms with Crippen molar-refractivity contribution in [1.29, 1.82) is 0 Å². The average Bonchev–Trinajstić information content (AvgIpc) is 2.93. The molecule has 0 spiro atoms. The van der Waals surface area contributed by atoms with E-state index in [0.717, 1.165) is 5.69 Å². The number of aromatic nitrogens is 2. The Balaban J connectivity index is 1.83. The zero-order valence-electron chi connectivity index (χ0n) is 13.1. The first-order chi connectivity index (χ1) is 10.8. The van der Waals surface area contributed by atoms with Crippen LogP contribution in [0.5, 0.6) is 0 Å². The molecule has 2 aromatic rings. The smallest absolute Gasteiger partial charge is 0.234 e. The number of anilines is 2. The number of carbonyl (C=O) groups excluding carboxylic acids is 2. The van der Waals surface area contributed by atoms with Gasteiger partial charge in [-0.25, -0.2) is 0 Å². The highest BCUT2D eigenvalue weighted by molar-refractivity contribution is 8.01. The van der Waals surface area contributed by atoms with Crippen molar-refractivity contribution in [3.63, 3.8) is 0 Å². The predicted octanol–water partition coefficient (Wildman–Crippen LogP) is 3.25. The number of rotatable bonds is 5. The lowest BCUT2D eigenvalue weighted by Gasteiger charge is -2.15. The minimum absolute atomic E-state index is 0.114. The highest BCUT2D eigenvalue weighted by Crippen LogP contribution is 2.27. The minimum atomic E-state index is -0.492. The summed E-state index contributed by atoms with van der Waals surface area (Å²) in [7, 11) is 0. The fourth-order valence-corrected chi connectivity index (χ4v) is 3.00. The van der Waals surface area contributed by atoms with Gasteiger partial charge in [0.05, 0.1) is 5.75 Å². The van der Waals surface area contributed by atoms with E-state index in [1.807, 2.05) is 51.1 Å². The number of hydrogen-bond acceptors (Lipinski definition) is 6. The van der Waals surface area contributed by atoms with E-state index >= 15 is 0 Å². The van der Waals surface area contributed by atoms with Crippen LogP contribution in [0, 0.1) is 5.41 Å². The second-order valence-corrected chi connectivity index (χ2v) is 7.98. The van der Waals surface area contributed by atoms with Crippen molar-refractivity contribution in [2.24, 2.45) is 5.41 Å². The van der Waals surface area contributed by atoms with Gasteiger partial charge in [-0.15, -0.1) is 10.2 Å². The Morgan fingerprint density at radius 2 is 1.83 bits per heavy atom. The molecule has 2 amide bonds. The fourth-order valence-electron chi connectivity index (χ4n) is 1.45. The molecule has 0 bridgehead atoms. The van der Waals surface area contributed by atoms with Crippen LogP contribution in [0.15, 0.2) is 34.7 Å². The zero-order chi connectivity index (χ0) is 16.9. The maximum absolute atomic E-state index is 11.9. The topological polar surface area (TPSA) is 84.0 Å². The average molecular weight is 350 g/mol. The van der Waals surface area contributed by atoms with Gasteiger partial charge in [0.2, 0.25) is 16.9 Å². The molecule has 0 radical (unpaired) electrons. The predicted molar refractivity (Wildman–Crippen MR) is 93.8 cm³/mol. The summed E-state index contributed by atoms with van der Waals surface area (Å²) in [6, 6.07) is 9.26. The van der Waals surface area contributed by atoms with Gasteiger partial charge in [0.15, 0.2) is 4.34 Å². The van der Waals surface area contributed by atoms with E-state index in [9.17, 15) is 9.59 Å². The second-order valence-electron chi connectivity index (χ2n) is 5.78. The van der Waals surface area contributed by atoms with Crippen LogP contribution >= 0.6 is 23.1 Å². The summed E-state index contributed by atoms with van der Waals surface area (Å²) in [5.41, 5.74) is 0.266. The Kier molecular flexibility index (Phi) is 5.73. The maximum Gasteiger partial charge on any atom is 0.234 e. The van der Waals surface area contributed by atoms with Gasteiger partial charge < -0.3 is 10.6 Å². The van der Waals surface area contributed by atoms with Gasteiger partial charge in [-0.3, -0.25) is 9.59 Å². The lowest BCUT2D eigenvalue weighted by atomic mass is 9.96. The van der Waals surface area contributed by atoms with Gasteiger partial charge in [-0.05, 0) is 12.1 Å². The molecule has 23 heavy (non-hydrogen) atoms. The summed E-state index contributed by atoms with van der Waals surface area (Å²) in [5, 5.41) is 13.8. The molecule has 0 saturated heterocycles. The Morgan fingerprint density at radius 3 is 2.48 bits per heavy atom. The normalized spacial score (nSPS) is 11.1. The van der Waals surface area contributed by atoms with Crippen LogP contribution in [-0.4, -0.2) is 27.8 Å². The highest BCUT2D eigenvalue weighted by Gasteiger charge is 2.22. The molecular weight excluding hydrogens is 332 g/mol. The molecule has 0 aliphatic carbocycles. The first kappa shape index (κ1) is 17.4. The van der Waals surface area contributed by atoms with Crippen LogP contribution < -0.4 is 10.6 Å². The molecule has 2 rings (SSSR count). The Hall–Kier alpha value is -1.93. The van der Waals surface area contributed by atoms with Gasteiger partial charge in [-0.1, -0.05) is 62.1 Å². The van der Waals surface area contributed by atoms with E-state index < -0.39 is 5.41 Å². The van der Waals surface area contributed by atoms with Crippen molar-refractivity contribution < 1.29 is 9.59 Å². The zero-order valence-corrected chi connectivity index (χ0v) is 14.8. The molecule has 0 atom stereocenters. The van der Waals surface area contributed by atoms with E-state index in [1.165, 1.54) is 23.1 Å². The van der Waals surface area contributed by atoms with Crippen molar-refractivity contribution in [1.82, 2.24) is 10.2 Å². The van der Waals surface area contributed by atoms with Crippen LogP contribution in [0.1, 0.15) is 20.8 Å². The lowest BCUT2D eigenvalue weighted by molar-refractivity contribution is -0.123. The number of benzene rings is 1. The first-order valence-electron chi connectivity index (χ1n) is 6.97. The molecule has 122 valence electrons. The van der Waals surface area contributed by atoms with Crippen molar-refractivity contribution in [3.05, 3.63) is 30.3 Å². The van der Waals surface area contributed by atoms with Crippen LogP contribution in [-0.2, 0) is 9.59 Å². The molecule has 0 unspecified atom stereocenters. The van der Waals surface area contributed by atoms with Crippen molar-refractivity contribution in [2.45, 2.75) is 25.1 Å². The molecule has 0 aliphatic rings. The number of nitrogens with zero attached hydrogens (tertiary/aromatic N) is 2. The van der Waals surface area contributed by atoms with Crippen LogP contribution in [0.3, 0.4) is 0 Å². The summed E-state index contributed by atoms with van der Waals surface area (Å²) in [5.74, 6) is 0.000195. The Bertz CT molecular complexity index is 680. The van der Waals surface area contributed by atoms with Crippen molar-refractivity contribution in [2.75, 3.05) is 16.4 Å². The molecule has 0 aliphatic heterocycles. The third-order valence-corrected chi connectivity index (χ3v) is 4.66. The molecule has 2 N–H and O–H groups in total. The number of carbonyl (C=O) groups is 2. The van der Waals surface area contributed by atoms with Crippen molar-refractivity contribution in [3.8, 4) is 0 Å². The first-order valence-corrected chi connectivity index (χ1v) is 8.77. The Morgan fingerprint density at radius 1 is 1.13 bits per heavy atom. The van der Waals surface area contributed by atoms with Gasteiger partial charge in [0.1, 0.15) is 0 Å². The number of para-hydroxylation sites is 1. The van der Waals surface area contributed by atoms with Crippen LogP contribution in [0.4, 0.5) is 10.8 Å². The third kappa shape index (κ3) is 5.65. The third-order valence-electron chi connectivity index (χ3n) is 2.69. The largest absolute Gasteiger partial charge is 0.325 e. The second kappa shape index (κ2) is 7.56. The number of amides is 2. The van der Waals surface area contributed by atoms with E-state index in [2.05, 4.69) is 20.8 Å². The van der Waals surface area contributed by atoms with Crippen LogP contribution in [0.25, 0.3) is 0 Å². The molecular formula is C15H18N4O2S2. The molecule has 1 heterocycles. The standard InChI is InChI=1S/C15H18N4O2S2/c1-15(2,3)12(21)17-13-18-19-14(23-13)22-9-11(20)16-10-7-5-4-6-8-10/h4-8H,9H2,1-3H3,(H,16,20)(H,17,18,21). The fraction of sp³-hybridized carbons (Fsp3) is 0.333. The number of thioether (sulfide) groups is 1. The summed E-state index contributed by atoms with van der Waals surface area (Å²) in [6.45, 7) is 5.48. The molecule has 0 fully saturated rings. The van der Waals surface area contributed by atoms with Gasteiger partial charge in [0, 0.05) is 11.1 Å². The summed E-state index contributed by atoms with van der Waals surface area (Å²) < 4.78 is 0.637. The van der Waals surface area contributed by atoms with E-state index in [0.29, 0.717) is 9.47 Å². The summed E-state index contributed by atoms with van der Waals surface area (Å²) >= 11 is 2.54. The SMILES string of the molecule is CC(C)(C)C(=O)Nc1nnc(SCC(=O)Nc2ccccc2)s1. The molecule has 1 aromatic carbocycles. The van der Waals surface area contributed by atoms with Gasteiger partial charge in [0.25, 0.3) is 0 Å². The quantitative estimate of drug-likeness (QED) is 0.639.